The molecule has 2 heterocycles. The van der Waals surface area contributed by atoms with Crippen LogP contribution in [0.3, 0.4) is 0 Å². The highest BCUT2D eigenvalue weighted by atomic mass is 32.1. The van der Waals surface area contributed by atoms with Crippen molar-refractivity contribution in [2.75, 3.05) is 6.54 Å². The van der Waals surface area contributed by atoms with Gasteiger partial charge in [-0.05, 0) is 44.0 Å². The fourth-order valence-electron chi connectivity index (χ4n) is 2.72. The minimum absolute atomic E-state index is 0.0590. The monoisotopic (exact) mass is 388 g/mol. The van der Waals surface area contributed by atoms with Gasteiger partial charge in [-0.3, -0.25) is 14.7 Å². The van der Waals surface area contributed by atoms with E-state index in [0.717, 1.165) is 17.7 Å². The van der Waals surface area contributed by atoms with Crippen molar-refractivity contribution in [1.29, 1.82) is 0 Å². The van der Waals surface area contributed by atoms with Gasteiger partial charge in [-0.1, -0.05) is 6.92 Å². The van der Waals surface area contributed by atoms with Crippen LogP contribution in [0.2, 0.25) is 0 Å². The SMILES string of the molecule is CCCNC(=O)CCc1c(C)[nH]n(-c2nc(-c3ccc(F)cc3)cs2)c1=O. The average molecular weight is 388 g/mol. The molecule has 0 fully saturated rings. The zero-order valence-corrected chi connectivity index (χ0v) is 16.0. The van der Waals surface area contributed by atoms with Gasteiger partial charge in [0.2, 0.25) is 11.0 Å². The number of thiazole rings is 1. The number of carbonyl (C=O) groups is 1. The van der Waals surface area contributed by atoms with E-state index in [4.69, 9.17) is 0 Å². The van der Waals surface area contributed by atoms with Gasteiger partial charge in [0.1, 0.15) is 5.82 Å². The molecule has 3 aromatic rings. The summed E-state index contributed by atoms with van der Waals surface area (Å²) in [5.41, 5.74) is 2.57. The second kappa shape index (κ2) is 8.30. The molecule has 0 unspecified atom stereocenters. The van der Waals surface area contributed by atoms with Crippen LogP contribution in [0.4, 0.5) is 4.39 Å². The number of hydrogen-bond acceptors (Lipinski definition) is 4. The number of benzene rings is 1. The first-order valence-corrected chi connectivity index (χ1v) is 9.66. The Hall–Kier alpha value is -2.74. The maximum atomic E-state index is 13.1. The number of hydrogen-bond donors (Lipinski definition) is 2. The van der Waals surface area contributed by atoms with Gasteiger partial charge < -0.3 is 5.32 Å². The smallest absolute Gasteiger partial charge is 0.276 e. The van der Waals surface area contributed by atoms with Crippen LogP contribution in [0, 0.1) is 12.7 Å². The summed E-state index contributed by atoms with van der Waals surface area (Å²) in [6.07, 6.45) is 1.52. The molecule has 2 aromatic heterocycles. The van der Waals surface area contributed by atoms with E-state index in [1.165, 1.54) is 28.2 Å². The van der Waals surface area contributed by atoms with Crippen LogP contribution in [0.15, 0.2) is 34.4 Å². The Bertz CT molecular complexity index is 988. The molecule has 3 rings (SSSR count). The van der Waals surface area contributed by atoms with Crippen molar-refractivity contribution in [3.63, 3.8) is 0 Å². The van der Waals surface area contributed by atoms with E-state index in [2.05, 4.69) is 15.4 Å². The maximum absolute atomic E-state index is 13.1. The molecule has 0 aliphatic carbocycles. The lowest BCUT2D eigenvalue weighted by Crippen LogP contribution is -2.25. The van der Waals surface area contributed by atoms with Crippen molar-refractivity contribution >= 4 is 17.2 Å². The summed E-state index contributed by atoms with van der Waals surface area (Å²) in [4.78, 5) is 29.0. The van der Waals surface area contributed by atoms with Gasteiger partial charge in [-0.2, -0.15) is 4.68 Å². The molecule has 1 amide bonds. The number of carbonyl (C=O) groups excluding carboxylic acids is 1. The molecule has 2 N–H and O–H groups in total. The Kier molecular flexibility index (Phi) is 5.85. The van der Waals surface area contributed by atoms with Crippen LogP contribution in [0.25, 0.3) is 16.4 Å². The van der Waals surface area contributed by atoms with Crippen LogP contribution in [-0.4, -0.2) is 27.2 Å². The first-order chi connectivity index (χ1) is 13.0. The second-order valence-electron chi connectivity index (χ2n) is 6.23. The van der Waals surface area contributed by atoms with Gasteiger partial charge in [0.25, 0.3) is 5.56 Å². The van der Waals surface area contributed by atoms with Gasteiger partial charge in [0, 0.05) is 35.2 Å². The summed E-state index contributed by atoms with van der Waals surface area (Å²) < 4.78 is 14.5. The summed E-state index contributed by atoms with van der Waals surface area (Å²) in [5, 5.41) is 8.17. The van der Waals surface area contributed by atoms with Crippen LogP contribution >= 0.6 is 11.3 Å². The predicted octanol–water partition coefficient (Wildman–Crippen LogP) is 3.20. The fourth-order valence-corrected chi connectivity index (χ4v) is 3.51. The highest BCUT2D eigenvalue weighted by molar-refractivity contribution is 7.12. The molecule has 0 saturated heterocycles. The largest absolute Gasteiger partial charge is 0.356 e. The zero-order chi connectivity index (χ0) is 19.4. The van der Waals surface area contributed by atoms with Crippen molar-refractivity contribution in [1.82, 2.24) is 20.1 Å². The van der Waals surface area contributed by atoms with Crippen LogP contribution in [-0.2, 0) is 11.2 Å². The third kappa shape index (κ3) is 4.33. The van der Waals surface area contributed by atoms with E-state index in [1.54, 1.807) is 12.1 Å². The van der Waals surface area contributed by atoms with E-state index in [9.17, 15) is 14.0 Å². The van der Waals surface area contributed by atoms with E-state index in [-0.39, 0.29) is 23.7 Å². The standard InChI is InChI=1S/C19H21FN4O2S/c1-3-10-21-17(25)9-8-15-12(2)23-24(18(15)26)19-22-16(11-27-19)13-4-6-14(20)7-5-13/h4-7,11,23H,3,8-10H2,1-2H3,(H,21,25). The Balaban J connectivity index is 1.79. The number of amides is 1. The average Bonchev–Trinajstić information content (AvgIpc) is 3.24. The van der Waals surface area contributed by atoms with Crippen molar-refractivity contribution in [3.8, 4) is 16.4 Å². The topological polar surface area (TPSA) is 79.8 Å². The number of nitrogens with zero attached hydrogens (tertiary/aromatic N) is 2. The lowest BCUT2D eigenvalue weighted by molar-refractivity contribution is -0.121. The number of nitrogens with one attached hydrogen (secondary N) is 2. The molecule has 8 heteroatoms. The van der Waals surface area contributed by atoms with E-state index < -0.39 is 0 Å². The Morgan fingerprint density at radius 1 is 1.33 bits per heavy atom. The first kappa shape index (κ1) is 19.0. The third-order valence-electron chi connectivity index (χ3n) is 4.19. The van der Waals surface area contributed by atoms with Gasteiger partial charge in [0.05, 0.1) is 5.69 Å². The summed E-state index contributed by atoms with van der Waals surface area (Å²) >= 11 is 1.32. The molecular formula is C19H21FN4O2S. The van der Waals surface area contributed by atoms with Gasteiger partial charge in [-0.25, -0.2) is 9.37 Å². The number of H-pyrrole nitrogens is 1. The van der Waals surface area contributed by atoms with E-state index in [0.29, 0.717) is 29.4 Å². The van der Waals surface area contributed by atoms with E-state index >= 15 is 0 Å². The predicted molar refractivity (Wildman–Crippen MR) is 104 cm³/mol. The highest BCUT2D eigenvalue weighted by Crippen LogP contribution is 2.23. The molecule has 0 atom stereocenters. The number of halogens is 1. The second-order valence-corrected chi connectivity index (χ2v) is 7.06. The third-order valence-corrected chi connectivity index (χ3v) is 5.02. The molecular weight excluding hydrogens is 367 g/mol. The van der Waals surface area contributed by atoms with Crippen LogP contribution in [0.5, 0.6) is 0 Å². The Labute approximate surface area is 160 Å². The molecule has 27 heavy (non-hydrogen) atoms. The Morgan fingerprint density at radius 3 is 2.78 bits per heavy atom. The summed E-state index contributed by atoms with van der Waals surface area (Å²) in [6.45, 7) is 4.44. The van der Waals surface area contributed by atoms with Gasteiger partial charge in [-0.15, -0.1) is 11.3 Å². The molecule has 0 saturated carbocycles. The molecule has 0 bridgehead atoms. The summed E-state index contributed by atoms with van der Waals surface area (Å²) in [6, 6.07) is 6.05. The van der Waals surface area contributed by atoms with Crippen molar-refractivity contribution < 1.29 is 9.18 Å². The number of aromatic amines is 1. The summed E-state index contributed by atoms with van der Waals surface area (Å²) in [5.74, 6) is -0.366. The number of aryl methyl sites for hydroxylation is 1. The Morgan fingerprint density at radius 2 is 2.07 bits per heavy atom. The highest BCUT2D eigenvalue weighted by Gasteiger charge is 2.16. The first-order valence-electron chi connectivity index (χ1n) is 8.78. The van der Waals surface area contributed by atoms with Crippen molar-refractivity contribution in [2.24, 2.45) is 0 Å². The minimum atomic E-state index is -0.307. The zero-order valence-electron chi connectivity index (χ0n) is 15.2. The molecule has 1 aromatic carbocycles. The van der Waals surface area contributed by atoms with Crippen LogP contribution in [0.1, 0.15) is 31.0 Å². The van der Waals surface area contributed by atoms with Crippen molar-refractivity contribution in [2.45, 2.75) is 33.1 Å². The normalized spacial score (nSPS) is 10.9. The minimum Gasteiger partial charge on any atom is -0.356 e. The summed E-state index contributed by atoms with van der Waals surface area (Å²) in [7, 11) is 0. The molecule has 0 aliphatic heterocycles. The maximum Gasteiger partial charge on any atom is 0.276 e. The molecule has 0 aliphatic rings. The number of rotatable bonds is 7. The van der Waals surface area contributed by atoms with Crippen LogP contribution < -0.4 is 10.9 Å². The molecule has 142 valence electrons. The fraction of sp³-hybridized carbons (Fsp3) is 0.316. The van der Waals surface area contributed by atoms with Crippen molar-refractivity contribution in [3.05, 3.63) is 57.1 Å². The quantitative estimate of drug-likeness (QED) is 0.652. The lowest BCUT2D eigenvalue weighted by atomic mass is 10.1. The van der Waals surface area contributed by atoms with E-state index in [1.807, 2.05) is 19.2 Å². The lowest BCUT2D eigenvalue weighted by Gasteiger charge is -2.02. The van der Waals surface area contributed by atoms with Gasteiger partial charge >= 0.3 is 0 Å². The van der Waals surface area contributed by atoms with Gasteiger partial charge in [0.15, 0.2) is 0 Å². The molecule has 0 spiro atoms. The molecule has 0 radical (unpaired) electrons. The molecule has 6 nitrogen and oxygen atoms in total. The number of aromatic nitrogens is 3.